The Balaban J connectivity index is 0. The minimum atomic E-state index is 0.0526. The van der Waals surface area contributed by atoms with Crippen molar-refractivity contribution in [2.75, 3.05) is 14.2 Å². The number of carbonyl (C=O) groups excluding carboxylic acids is 1. The average Bonchev–Trinajstić information content (AvgIpc) is 2.76. The summed E-state index contributed by atoms with van der Waals surface area (Å²) >= 11 is 0. The summed E-state index contributed by atoms with van der Waals surface area (Å²) in [4.78, 5) is 13.4. The van der Waals surface area contributed by atoms with Crippen molar-refractivity contribution in [2.45, 2.75) is 61.9 Å². The zero-order valence-corrected chi connectivity index (χ0v) is 16.2. The molecule has 2 rings (SSSR count). The number of rotatable bonds is 1. The van der Waals surface area contributed by atoms with Gasteiger partial charge in [-0.15, -0.1) is 0 Å². The molecule has 0 atom stereocenters. The summed E-state index contributed by atoms with van der Waals surface area (Å²) in [5.74, 6) is 1.58. The summed E-state index contributed by atoms with van der Waals surface area (Å²) in [6.45, 7) is 17.2. The second-order valence-corrected chi connectivity index (χ2v) is 5.39. The Kier molecular flexibility index (Phi) is 12.5. The molecule has 128 valence electrons. The molecule has 0 bridgehead atoms. The molecule has 1 aliphatic heterocycles. The highest BCUT2D eigenvalue weighted by atomic mass is 16.5. The number of amides is 1. The van der Waals surface area contributed by atoms with E-state index in [9.17, 15) is 4.79 Å². The predicted molar refractivity (Wildman–Crippen MR) is 96.7 cm³/mol. The number of nitrogens with zero attached hydrogens (tertiary/aromatic N) is 1. The third kappa shape index (κ3) is 6.97. The van der Waals surface area contributed by atoms with Crippen LogP contribution in [-0.4, -0.2) is 25.0 Å². The van der Waals surface area contributed by atoms with Crippen molar-refractivity contribution in [2.24, 2.45) is 5.92 Å². The van der Waals surface area contributed by atoms with E-state index in [1.807, 2.05) is 46.8 Å². The van der Waals surface area contributed by atoms with E-state index in [4.69, 9.17) is 4.74 Å². The van der Waals surface area contributed by atoms with Crippen molar-refractivity contribution in [1.29, 1.82) is 0 Å². The number of fused-ring (bicyclic) bond motifs is 1. The predicted octanol–water partition coefficient (Wildman–Crippen LogP) is 5.30. The zero-order chi connectivity index (χ0) is 17.9. The van der Waals surface area contributed by atoms with Crippen LogP contribution in [0.2, 0.25) is 0 Å². The third-order valence-electron chi connectivity index (χ3n) is 2.52. The van der Waals surface area contributed by atoms with E-state index in [1.165, 1.54) is 0 Å². The molecular formula is C19H35NO2. The fraction of sp³-hybridized carbons (Fsp3) is 0.632. The van der Waals surface area contributed by atoms with Crippen LogP contribution in [-0.2, 0) is 6.54 Å². The Morgan fingerprint density at radius 2 is 1.55 bits per heavy atom. The van der Waals surface area contributed by atoms with Gasteiger partial charge in [0.1, 0.15) is 5.75 Å². The first-order valence-corrected chi connectivity index (χ1v) is 8.29. The van der Waals surface area contributed by atoms with Crippen LogP contribution in [0.3, 0.4) is 0 Å². The molecule has 22 heavy (non-hydrogen) atoms. The van der Waals surface area contributed by atoms with E-state index in [0.29, 0.717) is 12.3 Å². The van der Waals surface area contributed by atoms with Gasteiger partial charge in [0.05, 0.1) is 12.7 Å². The zero-order valence-electron chi connectivity index (χ0n) is 16.2. The maximum Gasteiger partial charge on any atom is 0.258 e. The third-order valence-corrected chi connectivity index (χ3v) is 2.52. The van der Waals surface area contributed by atoms with Gasteiger partial charge in [0.2, 0.25) is 0 Å². The molecule has 0 aromatic heterocycles. The lowest BCUT2D eigenvalue weighted by Gasteiger charge is -2.07. The number of ether oxygens (including phenoxy) is 1. The molecule has 0 spiro atoms. The maximum absolute atomic E-state index is 11.7. The number of carbonyl (C=O) groups is 1. The van der Waals surface area contributed by atoms with E-state index >= 15 is 0 Å². The van der Waals surface area contributed by atoms with Crippen LogP contribution in [0.4, 0.5) is 0 Å². The Bertz CT molecular complexity index is 437. The van der Waals surface area contributed by atoms with Crippen molar-refractivity contribution in [3.63, 3.8) is 0 Å². The lowest BCUT2D eigenvalue weighted by atomic mass is 10.1. The fourth-order valence-electron chi connectivity index (χ4n) is 1.87. The quantitative estimate of drug-likeness (QED) is 0.704. The maximum atomic E-state index is 11.7. The molecule has 1 aromatic rings. The van der Waals surface area contributed by atoms with Crippen molar-refractivity contribution >= 4 is 5.91 Å². The van der Waals surface area contributed by atoms with E-state index < -0.39 is 0 Å². The van der Waals surface area contributed by atoms with Gasteiger partial charge in [-0.2, -0.15) is 0 Å². The Hall–Kier alpha value is -1.51. The van der Waals surface area contributed by atoms with Crippen LogP contribution in [0.25, 0.3) is 0 Å². The number of benzene rings is 1. The van der Waals surface area contributed by atoms with Crippen LogP contribution in [0.1, 0.15) is 70.0 Å². The van der Waals surface area contributed by atoms with Gasteiger partial charge in [-0.1, -0.05) is 54.5 Å². The standard InChI is InChI=1S/C11H13NO2.C4H10.2C2H6/c1-7-4-8-6-12(2)11(13)10(8)9(5-7)14-3;1-4(2)3;2*1-2/h4-5H,6H2,1-3H3;4H,1-3H3;2*1-2H3. The topological polar surface area (TPSA) is 29.5 Å². The molecule has 0 aliphatic carbocycles. The van der Waals surface area contributed by atoms with E-state index in [-0.39, 0.29) is 5.91 Å². The van der Waals surface area contributed by atoms with E-state index in [2.05, 4.69) is 20.8 Å². The second kappa shape index (κ2) is 12.1. The summed E-state index contributed by atoms with van der Waals surface area (Å²) in [5, 5.41) is 0. The number of aryl methyl sites for hydroxylation is 1. The molecule has 1 heterocycles. The Morgan fingerprint density at radius 3 is 1.95 bits per heavy atom. The first-order chi connectivity index (χ1) is 10.4. The van der Waals surface area contributed by atoms with Gasteiger partial charge in [-0.3, -0.25) is 4.79 Å². The summed E-state index contributed by atoms with van der Waals surface area (Å²) in [5.41, 5.74) is 2.92. The van der Waals surface area contributed by atoms with Gasteiger partial charge in [0.25, 0.3) is 5.91 Å². The molecule has 1 aromatic carbocycles. The summed E-state index contributed by atoms with van der Waals surface area (Å²) in [6.07, 6.45) is 0. The minimum absolute atomic E-state index is 0.0526. The number of hydrogen-bond donors (Lipinski definition) is 0. The Morgan fingerprint density at radius 1 is 1.09 bits per heavy atom. The van der Waals surface area contributed by atoms with Crippen LogP contribution >= 0.6 is 0 Å². The number of hydrogen-bond acceptors (Lipinski definition) is 2. The van der Waals surface area contributed by atoms with Gasteiger partial charge in [0, 0.05) is 13.6 Å². The molecule has 0 fully saturated rings. The van der Waals surface area contributed by atoms with Crippen LogP contribution < -0.4 is 4.74 Å². The summed E-state index contributed by atoms with van der Waals surface area (Å²) < 4.78 is 5.21. The molecule has 0 saturated heterocycles. The molecule has 3 nitrogen and oxygen atoms in total. The van der Waals surface area contributed by atoms with Crippen molar-refractivity contribution < 1.29 is 9.53 Å². The van der Waals surface area contributed by atoms with Crippen molar-refractivity contribution in [3.05, 3.63) is 28.8 Å². The normalized spacial score (nSPS) is 11.4. The lowest BCUT2D eigenvalue weighted by Crippen LogP contribution is -2.17. The van der Waals surface area contributed by atoms with E-state index in [1.54, 1.807) is 19.1 Å². The van der Waals surface area contributed by atoms with Crippen LogP contribution in [0.15, 0.2) is 12.1 Å². The molecular weight excluding hydrogens is 274 g/mol. The van der Waals surface area contributed by atoms with Gasteiger partial charge in [0.15, 0.2) is 0 Å². The number of methoxy groups -OCH3 is 1. The molecule has 0 saturated carbocycles. The highest BCUT2D eigenvalue weighted by molar-refractivity contribution is 6.00. The highest BCUT2D eigenvalue weighted by Crippen LogP contribution is 2.31. The molecule has 0 radical (unpaired) electrons. The fourth-order valence-corrected chi connectivity index (χ4v) is 1.87. The molecule has 0 N–H and O–H groups in total. The van der Waals surface area contributed by atoms with Crippen LogP contribution in [0.5, 0.6) is 5.75 Å². The highest BCUT2D eigenvalue weighted by Gasteiger charge is 2.28. The summed E-state index contributed by atoms with van der Waals surface area (Å²) in [6, 6.07) is 3.94. The largest absolute Gasteiger partial charge is 0.496 e. The van der Waals surface area contributed by atoms with Gasteiger partial charge in [-0.25, -0.2) is 0 Å². The lowest BCUT2D eigenvalue weighted by molar-refractivity contribution is 0.0814. The SMILES string of the molecule is CC.CC.CC(C)C.COc1cc(C)cc2c1C(=O)N(C)C2. The molecule has 3 heteroatoms. The first kappa shape index (κ1) is 22.8. The Labute approximate surface area is 137 Å². The molecule has 1 aliphatic rings. The van der Waals surface area contributed by atoms with Crippen LogP contribution in [0, 0.1) is 12.8 Å². The van der Waals surface area contributed by atoms with Crippen molar-refractivity contribution in [3.8, 4) is 5.75 Å². The van der Waals surface area contributed by atoms with Gasteiger partial charge >= 0.3 is 0 Å². The van der Waals surface area contributed by atoms with Crippen molar-refractivity contribution in [1.82, 2.24) is 4.90 Å². The minimum Gasteiger partial charge on any atom is -0.496 e. The van der Waals surface area contributed by atoms with Gasteiger partial charge < -0.3 is 9.64 Å². The molecule has 0 unspecified atom stereocenters. The smallest absolute Gasteiger partial charge is 0.258 e. The first-order valence-electron chi connectivity index (χ1n) is 8.29. The monoisotopic (exact) mass is 309 g/mol. The van der Waals surface area contributed by atoms with Gasteiger partial charge in [-0.05, 0) is 30.0 Å². The second-order valence-electron chi connectivity index (χ2n) is 5.39. The van der Waals surface area contributed by atoms with E-state index in [0.717, 1.165) is 22.6 Å². The average molecular weight is 309 g/mol. The molecule has 1 amide bonds. The summed E-state index contributed by atoms with van der Waals surface area (Å²) in [7, 11) is 3.40.